The highest BCUT2D eigenvalue weighted by Crippen LogP contribution is 2.33. The molecule has 1 amide bonds. The fourth-order valence-electron chi connectivity index (χ4n) is 4.75. The average Bonchev–Trinajstić information content (AvgIpc) is 3.11. The van der Waals surface area contributed by atoms with Crippen LogP contribution < -0.4 is 5.32 Å². The number of ether oxygens (including phenoxy) is 1. The smallest absolute Gasteiger partial charge is 0.254 e. The lowest BCUT2D eigenvalue weighted by atomic mass is 10.1. The van der Waals surface area contributed by atoms with E-state index in [0.29, 0.717) is 18.7 Å². The number of rotatable bonds is 8. The van der Waals surface area contributed by atoms with E-state index in [9.17, 15) is 9.18 Å². The van der Waals surface area contributed by atoms with Crippen molar-refractivity contribution in [3.8, 4) is 0 Å². The number of hydrogen-bond donors (Lipinski definition) is 1. The van der Waals surface area contributed by atoms with Gasteiger partial charge in [0.15, 0.2) is 0 Å². The molecule has 6 nitrogen and oxygen atoms in total. The Labute approximate surface area is 201 Å². The highest BCUT2D eigenvalue weighted by atomic mass is 19.1. The Bertz CT molecular complexity index is 1150. The van der Waals surface area contributed by atoms with Crippen LogP contribution in [0, 0.1) is 19.7 Å². The van der Waals surface area contributed by atoms with Gasteiger partial charge in [0, 0.05) is 63.0 Å². The molecule has 2 heterocycles. The van der Waals surface area contributed by atoms with Gasteiger partial charge in [-0.1, -0.05) is 19.1 Å². The van der Waals surface area contributed by atoms with Gasteiger partial charge in [0.05, 0.1) is 17.8 Å². The van der Waals surface area contributed by atoms with E-state index in [2.05, 4.69) is 35.6 Å². The van der Waals surface area contributed by atoms with Crippen LogP contribution in [0.5, 0.6) is 0 Å². The molecule has 1 aliphatic heterocycles. The summed E-state index contributed by atoms with van der Waals surface area (Å²) < 4.78 is 21.0. The van der Waals surface area contributed by atoms with Crippen LogP contribution in [0.2, 0.25) is 0 Å². The zero-order valence-corrected chi connectivity index (χ0v) is 20.7. The van der Waals surface area contributed by atoms with Crippen LogP contribution in [0.4, 0.5) is 10.1 Å². The number of methoxy groups -OCH3 is 1. The average molecular weight is 467 g/mol. The lowest BCUT2D eigenvalue weighted by Crippen LogP contribution is -2.48. The zero-order valence-electron chi connectivity index (χ0n) is 20.7. The van der Waals surface area contributed by atoms with Crippen LogP contribution in [-0.2, 0) is 17.8 Å². The van der Waals surface area contributed by atoms with E-state index in [1.54, 1.807) is 19.2 Å². The summed E-state index contributed by atoms with van der Waals surface area (Å²) in [5.41, 5.74) is 5.99. The number of hydrogen-bond acceptors (Lipinski definition) is 4. The number of nitrogens with zero attached hydrogens (tertiary/aromatic N) is 3. The summed E-state index contributed by atoms with van der Waals surface area (Å²) in [6, 6.07) is 10.5. The van der Waals surface area contributed by atoms with Crippen molar-refractivity contribution in [2.45, 2.75) is 33.9 Å². The molecule has 3 aromatic rings. The Morgan fingerprint density at radius 3 is 2.44 bits per heavy atom. The number of amides is 1. The molecule has 1 aliphatic rings. The third-order valence-electron chi connectivity index (χ3n) is 7.00. The molecule has 0 radical (unpaired) electrons. The molecule has 1 aromatic heterocycles. The van der Waals surface area contributed by atoms with Crippen molar-refractivity contribution < 1.29 is 13.9 Å². The van der Waals surface area contributed by atoms with Crippen LogP contribution in [-0.4, -0.2) is 66.7 Å². The van der Waals surface area contributed by atoms with Crippen molar-refractivity contribution in [1.82, 2.24) is 14.4 Å². The van der Waals surface area contributed by atoms with Crippen LogP contribution in [0.15, 0.2) is 36.4 Å². The second-order valence-corrected chi connectivity index (χ2v) is 8.98. The summed E-state index contributed by atoms with van der Waals surface area (Å²) in [6.45, 7) is 12.6. The zero-order chi connectivity index (χ0) is 24.2. The highest BCUT2D eigenvalue weighted by Gasteiger charge is 2.24. The van der Waals surface area contributed by atoms with Crippen molar-refractivity contribution in [3.05, 3.63) is 64.6 Å². The molecule has 1 N–H and O–H groups in total. The molecule has 1 saturated heterocycles. The Morgan fingerprint density at radius 1 is 1.09 bits per heavy atom. The van der Waals surface area contributed by atoms with Crippen molar-refractivity contribution in [1.29, 1.82) is 0 Å². The first-order chi connectivity index (χ1) is 16.4. The summed E-state index contributed by atoms with van der Waals surface area (Å²) >= 11 is 0. The van der Waals surface area contributed by atoms with Crippen molar-refractivity contribution >= 4 is 22.5 Å². The lowest BCUT2D eigenvalue weighted by molar-refractivity contribution is 0.0643. The second-order valence-electron chi connectivity index (χ2n) is 8.98. The van der Waals surface area contributed by atoms with Gasteiger partial charge in [0.25, 0.3) is 5.91 Å². The maximum absolute atomic E-state index is 13.5. The maximum atomic E-state index is 13.5. The fraction of sp³-hybridized carbons (Fsp3) is 0.444. The summed E-state index contributed by atoms with van der Waals surface area (Å²) in [6.07, 6.45) is 0. The summed E-state index contributed by atoms with van der Waals surface area (Å²) in [5.74, 6) is -0.175. The summed E-state index contributed by atoms with van der Waals surface area (Å²) in [7, 11) is 1.70. The Kier molecular flexibility index (Phi) is 7.54. The Hall–Kier alpha value is -2.90. The molecule has 0 atom stereocenters. The minimum atomic E-state index is -0.249. The monoisotopic (exact) mass is 466 g/mol. The predicted molar refractivity (Wildman–Crippen MR) is 135 cm³/mol. The molecule has 1 fully saturated rings. The molecular weight excluding hydrogens is 431 g/mol. The summed E-state index contributed by atoms with van der Waals surface area (Å²) in [5, 5.41) is 4.61. The van der Waals surface area contributed by atoms with Gasteiger partial charge < -0.3 is 24.4 Å². The first kappa shape index (κ1) is 24.2. The van der Waals surface area contributed by atoms with E-state index in [1.807, 2.05) is 17.0 Å². The topological polar surface area (TPSA) is 49.7 Å². The molecule has 7 heteroatoms. The van der Waals surface area contributed by atoms with E-state index in [-0.39, 0.29) is 11.7 Å². The molecule has 0 bridgehead atoms. The number of carbonyl (C=O) groups excluding carboxylic acids is 1. The van der Waals surface area contributed by atoms with Crippen LogP contribution in [0.1, 0.15) is 34.1 Å². The van der Waals surface area contributed by atoms with E-state index >= 15 is 0 Å². The van der Waals surface area contributed by atoms with Crippen molar-refractivity contribution in [2.24, 2.45) is 0 Å². The number of benzene rings is 2. The number of nitrogens with one attached hydrogen (secondary N) is 1. The van der Waals surface area contributed by atoms with Crippen LogP contribution in [0.3, 0.4) is 0 Å². The number of piperazine rings is 1. The van der Waals surface area contributed by atoms with Crippen LogP contribution >= 0.6 is 0 Å². The standard InChI is InChI=1S/C27H35FN4O2/c1-5-30-10-12-31(13-11-30)27(33)22-16-24-19(2)20(3)32(14-15-34-4)26(24)25(17-22)29-18-21-6-8-23(28)9-7-21/h6-9,16-17,29H,5,10-15,18H2,1-4H3. The van der Waals surface area contributed by atoms with Crippen molar-refractivity contribution in [2.75, 3.05) is 51.8 Å². The molecular formula is C27H35FN4O2. The fourth-order valence-corrected chi connectivity index (χ4v) is 4.75. The molecule has 0 unspecified atom stereocenters. The van der Waals surface area contributed by atoms with Gasteiger partial charge in [-0.3, -0.25) is 4.79 Å². The van der Waals surface area contributed by atoms with Gasteiger partial charge in [0.1, 0.15) is 5.82 Å². The third kappa shape index (κ3) is 4.95. The minimum absolute atomic E-state index is 0.0733. The van der Waals surface area contributed by atoms with Gasteiger partial charge in [0.2, 0.25) is 0 Å². The van der Waals surface area contributed by atoms with Crippen molar-refractivity contribution in [3.63, 3.8) is 0 Å². The van der Waals surface area contributed by atoms with E-state index < -0.39 is 0 Å². The molecule has 182 valence electrons. The van der Waals surface area contributed by atoms with Gasteiger partial charge in [-0.05, 0) is 55.8 Å². The first-order valence-electron chi connectivity index (χ1n) is 12.0. The number of anilines is 1. The summed E-state index contributed by atoms with van der Waals surface area (Å²) in [4.78, 5) is 17.8. The number of carbonyl (C=O) groups is 1. The highest BCUT2D eigenvalue weighted by molar-refractivity contribution is 6.04. The van der Waals surface area contributed by atoms with E-state index in [1.165, 1.54) is 17.7 Å². The molecule has 0 spiro atoms. The molecule has 4 rings (SSSR count). The quantitative estimate of drug-likeness (QED) is 0.534. The maximum Gasteiger partial charge on any atom is 0.254 e. The largest absolute Gasteiger partial charge is 0.383 e. The van der Waals surface area contributed by atoms with E-state index in [4.69, 9.17) is 4.74 Å². The molecule has 0 aliphatic carbocycles. The SMILES string of the molecule is CCN1CCN(C(=O)c2cc(NCc3ccc(F)cc3)c3c(c2)c(C)c(C)n3CCOC)CC1. The predicted octanol–water partition coefficient (Wildman–Crippen LogP) is 4.43. The van der Waals surface area contributed by atoms with Gasteiger partial charge in [-0.15, -0.1) is 0 Å². The third-order valence-corrected chi connectivity index (χ3v) is 7.00. The number of aryl methyl sites for hydroxylation is 1. The first-order valence-corrected chi connectivity index (χ1v) is 12.0. The van der Waals surface area contributed by atoms with Crippen LogP contribution in [0.25, 0.3) is 10.9 Å². The van der Waals surface area contributed by atoms with Gasteiger partial charge >= 0.3 is 0 Å². The van der Waals surface area contributed by atoms with Gasteiger partial charge in [-0.2, -0.15) is 0 Å². The van der Waals surface area contributed by atoms with E-state index in [0.717, 1.165) is 67.1 Å². The Morgan fingerprint density at radius 2 is 1.79 bits per heavy atom. The second kappa shape index (κ2) is 10.6. The minimum Gasteiger partial charge on any atom is -0.383 e. The molecule has 2 aromatic carbocycles. The molecule has 34 heavy (non-hydrogen) atoms. The number of halogens is 1. The number of likely N-dealkylation sites (N-methyl/N-ethyl adjacent to an activating group) is 1. The van der Waals surface area contributed by atoms with Gasteiger partial charge in [-0.25, -0.2) is 4.39 Å². The number of aromatic nitrogens is 1. The normalized spacial score (nSPS) is 14.7. The number of fused-ring (bicyclic) bond motifs is 1. The lowest BCUT2D eigenvalue weighted by Gasteiger charge is -2.34. The Balaban J connectivity index is 1.71. The molecule has 0 saturated carbocycles.